The predicted molar refractivity (Wildman–Crippen MR) is 68.7 cm³/mol. The standard InChI is InChI=1S/C12H10Cl2N2O/c13-10-8-15-16(12(17)11(10)14)7-6-9-4-2-1-3-5-9/h1-5,8H,6-7H2. The van der Waals surface area contributed by atoms with Crippen molar-refractivity contribution in [3.8, 4) is 0 Å². The number of aryl methyl sites for hydroxylation is 2. The van der Waals surface area contributed by atoms with Gasteiger partial charge in [0.25, 0.3) is 5.56 Å². The molecule has 0 saturated heterocycles. The Morgan fingerprint density at radius 2 is 1.88 bits per heavy atom. The molecule has 2 aromatic rings. The van der Waals surface area contributed by atoms with Gasteiger partial charge in [-0.05, 0) is 12.0 Å². The maximum Gasteiger partial charge on any atom is 0.287 e. The maximum absolute atomic E-state index is 11.7. The molecule has 88 valence electrons. The average Bonchev–Trinajstić information content (AvgIpc) is 2.36. The van der Waals surface area contributed by atoms with Crippen molar-refractivity contribution in [2.45, 2.75) is 13.0 Å². The van der Waals surface area contributed by atoms with Crippen molar-refractivity contribution in [2.24, 2.45) is 0 Å². The number of aromatic nitrogens is 2. The minimum atomic E-state index is -0.352. The van der Waals surface area contributed by atoms with Gasteiger partial charge in [-0.15, -0.1) is 0 Å². The van der Waals surface area contributed by atoms with Crippen LogP contribution in [0.4, 0.5) is 0 Å². The van der Waals surface area contributed by atoms with Crippen molar-refractivity contribution < 1.29 is 0 Å². The largest absolute Gasteiger partial charge is 0.287 e. The lowest BCUT2D eigenvalue weighted by Crippen LogP contribution is -2.24. The average molecular weight is 269 g/mol. The smallest absolute Gasteiger partial charge is 0.266 e. The second-order valence-electron chi connectivity index (χ2n) is 3.57. The Labute approximate surface area is 109 Å². The molecule has 5 heteroatoms. The second-order valence-corrected chi connectivity index (χ2v) is 4.36. The van der Waals surface area contributed by atoms with Crippen LogP contribution in [0, 0.1) is 0 Å². The zero-order valence-corrected chi connectivity index (χ0v) is 10.4. The summed E-state index contributed by atoms with van der Waals surface area (Å²) in [6, 6.07) is 9.87. The molecule has 1 heterocycles. The first-order valence-electron chi connectivity index (χ1n) is 5.13. The summed E-state index contributed by atoms with van der Waals surface area (Å²) >= 11 is 11.5. The van der Waals surface area contributed by atoms with Crippen LogP contribution in [0.2, 0.25) is 10.0 Å². The van der Waals surface area contributed by atoms with Gasteiger partial charge in [0, 0.05) is 6.54 Å². The highest BCUT2D eigenvalue weighted by Crippen LogP contribution is 2.14. The second kappa shape index (κ2) is 5.34. The summed E-state index contributed by atoms with van der Waals surface area (Å²) in [5.74, 6) is 0. The van der Waals surface area contributed by atoms with Crippen LogP contribution in [0.3, 0.4) is 0 Å². The van der Waals surface area contributed by atoms with Crippen LogP contribution in [0.15, 0.2) is 41.3 Å². The number of nitrogens with zero attached hydrogens (tertiary/aromatic N) is 2. The van der Waals surface area contributed by atoms with Crippen LogP contribution in [-0.4, -0.2) is 9.78 Å². The molecule has 0 spiro atoms. The van der Waals surface area contributed by atoms with Crippen LogP contribution in [0.25, 0.3) is 0 Å². The first-order chi connectivity index (χ1) is 8.18. The van der Waals surface area contributed by atoms with Crippen molar-refractivity contribution in [1.29, 1.82) is 0 Å². The number of benzene rings is 1. The summed E-state index contributed by atoms with van der Waals surface area (Å²) in [6.07, 6.45) is 2.11. The minimum absolute atomic E-state index is 0.0229. The van der Waals surface area contributed by atoms with Gasteiger partial charge in [-0.2, -0.15) is 5.10 Å². The zero-order chi connectivity index (χ0) is 12.3. The van der Waals surface area contributed by atoms with Gasteiger partial charge >= 0.3 is 0 Å². The van der Waals surface area contributed by atoms with E-state index in [2.05, 4.69) is 5.10 Å². The zero-order valence-electron chi connectivity index (χ0n) is 8.94. The third kappa shape index (κ3) is 2.87. The third-order valence-electron chi connectivity index (χ3n) is 2.40. The topological polar surface area (TPSA) is 34.9 Å². The van der Waals surface area contributed by atoms with E-state index in [4.69, 9.17) is 23.2 Å². The highest BCUT2D eigenvalue weighted by atomic mass is 35.5. The Bertz CT molecular complexity index is 566. The number of rotatable bonds is 3. The Balaban J connectivity index is 2.16. The summed E-state index contributed by atoms with van der Waals surface area (Å²) in [5, 5.41) is 4.15. The molecule has 0 bridgehead atoms. The molecule has 17 heavy (non-hydrogen) atoms. The van der Waals surface area contributed by atoms with Gasteiger partial charge in [0.15, 0.2) is 0 Å². The summed E-state index contributed by atoms with van der Waals surface area (Å²) < 4.78 is 1.32. The molecule has 0 aliphatic carbocycles. The molecule has 0 saturated carbocycles. The molecule has 0 amide bonds. The van der Waals surface area contributed by atoms with E-state index in [9.17, 15) is 4.79 Å². The number of halogens is 2. The van der Waals surface area contributed by atoms with Crippen LogP contribution in [0.1, 0.15) is 5.56 Å². The molecule has 1 aromatic carbocycles. The van der Waals surface area contributed by atoms with Gasteiger partial charge < -0.3 is 0 Å². The molecule has 0 aliphatic rings. The molecule has 3 nitrogen and oxygen atoms in total. The Kier molecular flexibility index (Phi) is 3.82. The number of hydrogen-bond acceptors (Lipinski definition) is 2. The predicted octanol–water partition coefficient (Wildman–Crippen LogP) is 2.79. The quantitative estimate of drug-likeness (QED) is 0.858. The summed E-state index contributed by atoms with van der Waals surface area (Å²) in [4.78, 5) is 11.7. The molecular formula is C12H10Cl2N2O. The molecular weight excluding hydrogens is 259 g/mol. The Hall–Kier alpha value is -1.32. The van der Waals surface area contributed by atoms with Gasteiger partial charge in [-0.25, -0.2) is 4.68 Å². The Morgan fingerprint density at radius 3 is 2.59 bits per heavy atom. The van der Waals surface area contributed by atoms with E-state index < -0.39 is 0 Å². The molecule has 2 rings (SSSR count). The first kappa shape index (κ1) is 12.1. The number of hydrogen-bond donors (Lipinski definition) is 0. The van der Waals surface area contributed by atoms with E-state index in [0.717, 1.165) is 12.0 Å². The summed E-state index contributed by atoms with van der Waals surface area (Å²) in [6.45, 7) is 0.486. The molecule has 0 N–H and O–H groups in total. The normalized spacial score (nSPS) is 10.5. The van der Waals surface area contributed by atoms with Gasteiger partial charge in [0.1, 0.15) is 5.02 Å². The third-order valence-corrected chi connectivity index (χ3v) is 3.15. The summed E-state index contributed by atoms with van der Waals surface area (Å²) in [5.41, 5.74) is 0.794. The maximum atomic E-state index is 11.7. The minimum Gasteiger partial charge on any atom is -0.266 e. The highest BCUT2D eigenvalue weighted by Gasteiger charge is 2.06. The van der Waals surface area contributed by atoms with Crippen molar-refractivity contribution in [3.05, 3.63) is 62.5 Å². The lowest BCUT2D eigenvalue weighted by molar-refractivity contribution is 0.578. The van der Waals surface area contributed by atoms with E-state index in [1.807, 2.05) is 30.3 Å². The molecule has 0 atom stereocenters. The van der Waals surface area contributed by atoms with Crippen molar-refractivity contribution in [2.75, 3.05) is 0 Å². The van der Waals surface area contributed by atoms with E-state index in [1.54, 1.807) is 0 Å². The van der Waals surface area contributed by atoms with E-state index in [-0.39, 0.29) is 15.6 Å². The molecule has 0 unspecified atom stereocenters. The van der Waals surface area contributed by atoms with Crippen molar-refractivity contribution >= 4 is 23.2 Å². The van der Waals surface area contributed by atoms with Crippen LogP contribution < -0.4 is 5.56 Å². The molecule has 0 fully saturated rings. The van der Waals surface area contributed by atoms with Crippen LogP contribution >= 0.6 is 23.2 Å². The summed E-state index contributed by atoms with van der Waals surface area (Å²) in [7, 11) is 0. The van der Waals surface area contributed by atoms with Gasteiger partial charge in [0.05, 0.1) is 11.2 Å². The van der Waals surface area contributed by atoms with Crippen LogP contribution in [0.5, 0.6) is 0 Å². The fourth-order valence-electron chi connectivity index (χ4n) is 1.48. The fourth-order valence-corrected chi connectivity index (χ4v) is 1.75. The Morgan fingerprint density at radius 1 is 1.18 bits per heavy atom. The van der Waals surface area contributed by atoms with E-state index in [0.29, 0.717) is 6.54 Å². The van der Waals surface area contributed by atoms with Gasteiger partial charge in [-0.1, -0.05) is 53.5 Å². The van der Waals surface area contributed by atoms with Gasteiger partial charge in [0.2, 0.25) is 0 Å². The first-order valence-corrected chi connectivity index (χ1v) is 5.89. The van der Waals surface area contributed by atoms with Crippen LogP contribution in [-0.2, 0) is 13.0 Å². The SMILES string of the molecule is O=c1c(Cl)c(Cl)cnn1CCc1ccccc1. The van der Waals surface area contributed by atoms with E-state index in [1.165, 1.54) is 10.9 Å². The van der Waals surface area contributed by atoms with E-state index >= 15 is 0 Å². The fraction of sp³-hybridized carbons (Fsp3) is 0.167. The highest BCUT2D eigenvalue weighted by molar-refractivity contribution is 6.41. The van der Waals surface area contributed by atoms with Crippen molar-refractivity contribution in [3.63, 3.8) is 0 Å². The lowest BCUT2D eigenvalue weighted by Gasteiger charge is -2.05. The molecule has 0 radical (unpaired) electrons. The molecule has 1 aromatic heterocycles. The van der Waals surface area contributed by atoms with Crippen molar-refractivity contribution in [1.82, 2.24) is 9.78 Å². The lowest BCUT2D eigenvalue weighted by atomic mass is 10.1. The monoisotopic (exact) mass is 268 g/mol. The molecule has 0 aliphatic heterocycles. The van der Waals surface area contributed by atoms with Gasteiger partial charge in [-0.3, -0.25) is 4.79 Å².